The van der Waals surface area contributed by atoms with Crippen molar-refractivity contribution < 1.29 is 9.53 Å². The SMILES string of the molecule is COC(=O)C(C)(N)CCCN(CC(C)C)C1CC1. The number of hydrogen-bond donors (Lipinski definition) is 1. The van der Waals surface area contributed by atoms with E-state index in [0.717, 1.165) is 25.6 Å². The third-order valence-corrected chi connectivity index (χ3v) is 3.46. The molecule has 0 saturated heterocycles. The zero-order valence-corrected chi connectivity index (χ0v) is 12.2. The predicted octanol–water partition coefficient (Wildman–Crippen LogP) is 1.78. The molecule has 0 spiro atoms. The number of esters is 1. The van der Waals surface area contributed by atoms with Crippen LogP contribution in [0.1, 0.15) is 46.5 Å². The van der Waals surface area contributed by atoms with Crippen LogP contribution in [0.3, 0.4) is 0 Å². The van der Waals surface area contributed by atoms with Gasteiger partial charge in [0.25, 0.3) is 0 Å². The van der Waals surface area contributed by atoms with Gasteiger partial charge in [0, 0.05) is 12.6 Å². The molecule has 0 aromatic carbocycles. The minimum absolute atomic E-state index is 0.315. The van der Waals surface area contributed by atoms with Gasteiger partial charge in [-0.05, 0) is 45.1 Å². The Bertz CT molecular complexity index is 273. The van der Waals surface area contributed by atoms with Crippen molar-refractivity contribution in [1.29, 1.82) is 0 Å². The van der Waals surface area contributed by atoms with Crippen LogP contribution in [-0.4, -0.2) is 42.6 Å². The van der Waals surface area contributed by atoms with Gasteiger partial charge in [0.1, 0.15) is 5.54 Å². The highest BCUT2D eigenvalue weighted by Gasteiger charge is 2.31. The van der Waals surface area contributed by atoms with E-state index in [0.29, 0.717) is 12.3 Å². The summed E-state index contributed by atoms with van der Waals surface area (Å²) in [6.45, 7) is 8.42. The highest BCUT2D eigenvalue weighted by atomic mass is 16.5. The second kappa shape index (κ2) is 6.53. The molecule has 0 radical (unpaired) electrons. The van der Waals surface area contributed by atoms with Crippen LogP contribution in [0.5, 0.6) is 0 Å². The quantitative estimate of drug-likeness (QED) is 0.673. The molecule has 4 heteroatoms. The van der Waals surface area contributed by atoms with Crippen molar-refractivity contribution in [2.75, 3.05) is 20.2 Å². The third kappa shape index (κ3) is 4.94. The van der Waals surface area contributed by atoms with Crippen LogP contribution in [-0.2, 0) is 9.53 Å². The van der Waals surface area contributed by atoms with Crippen molar-refractivity contribution >= 4 is 5.97 Å². The minimum Gasteiger partial charge on any atom is -0.468 e. The lowest BCUT2D eigenvalue weighted by Gasteiger charge is -2.26. The number of carbonyl (C=O) groups excluding carboxylic acids is 1. The fraction of sp³-hybridized carbons (Fsp3) is 0.929. The smallest absolute Gasteiger partial charge is 0.325 e. The zero-order valence-electron chi connectivity index (χ0n) is 12.2. The van der Waals surface area contributed by atoms with Gasteiger partial charge in [-0.15, -0.1) is 0 Å². The molecule has 1 unspecified atom stereocenters. The average molecular weight is 256 g/mol. The first kappa shape index (κ1) is 15.4. The number of methoxy groups -OCH3 is 1. The summed E-state index contributed by atoms with van der Waals surface area (Å²) in [4.78, 5) is 14.0. The van der Waals surface area contributed by atoms with Crippen LogP contribution >= 0.6 is 0 Å². The lowest BCUT2D eigenvalue weighted by Crippen LogP contribution is -2.46. The molecule has 0 aromatic rings. The molecule has 0 heterocycles. The average Bonchev–Trinajstić information content (AvgIpc) is 3.09. The Morgan fingerprint density at radius 2 is 2.11 bits per heavy atom. The molecule has 1 atom stereocenters. The molecular weight excluding hydrogens is 228 g/mol. The maximum atomic E-state index is 11.5. The van der Waals surface area contributed by atoms with Crippen LogP contribution in [0, 0.1) is 5.92 Å². The number of ether oxygens (including phenoxy) is 1. The molecule has 18 heavy (non-hydrogen) atoms. The summed E-state index contributed by atoms with van der Waals surface area (Å²) in [5, 5.41) is 0. The van der Waals surface area contributed by atoms with Crippen LogP contribution in [0.25, 0.3) is 0 Å². The molecular formula is C14H28N2O2. The van der Waals surface area contributed by atoms with E-state index in [2.05, 4.69) is 18.7 Å². The summed E-state index contributed by atoms with van der Waals surface area (Å²) in [5.41, 5.74) is 5.11. The van der Waals surface area contributed by atoms with Gasteiger partial charge in [0.15, 0.2) is 0 Å². The van der Waals surface area contributed by atoms with E-state index < -0.39 is 5.54 Å². The molecule has 0 aliphatic heterocycles. The summed E-state index contributed by atoms with van der Waals surface area (Å²) in [6.07, 6.45) is 4.28. The van der Waals surface area contributed by atoms with Crippen molar-refractivity contribution in [3.63, 3.8) is 0 Å². The molecule has 1 rings (SSSR count). The van der Waals surface area contributed by atoms with Crippen molar-refractivity contribution in [2.45, 2.75) is 58.0 Å². The topological polar surface area (TPSA) is 55.6 Å². The summed E-state index contributed by atoms with van der Waals surface area (Å²) >= 11 is 0. The Kier molecular flexibility index (Phi) is 5.60. The number of carbonyl (C=O) groups is 1. The van der Waals surface area contributed by atoms with E-state index in [1.807, 2.05) is 0 Å². The van der Waals surface area contributed by atoms with Crippen LogP contribution in [0.2, 0.25) is 0 Å². The number of nitrogens with two attached hydrogens (primary N) is 1. The molecule has 0 aromatic heterocycles. The van der Waals surface area contributed by atoms with E-state index in [1.54, 1.807) is 6.92 Å². The van der Waals surface area contributed by atoms with Gasteiger partial charge < -0.3 is 15.4 Å². The van der Waals surface area contributed by atoms with Crippen LogP contribution < -0.4 is 5.73 Å². The molecule has 0 bridgehead atoms. The molecule has 1 saturated carbocycles. The monoisotopic (exact) mass is 256 g/mol. The predicted molar refractivity (Wildman–Crippen MR) is 73.3 cm³/mol. The lowest BCUT2D eigenvalue weighted by atomic mass is 9.97. The third-order valence-electron chi connectivity index (χ3n) is 3.46. The molecule has 106 valence electrons. The molecule has 1 aliphatic rings. The number of nitrogens with zero attached hydrogens (tertiary/aromatic N) is 1. The number of hydrogen-bond acceptors (Lipinski definition) is 4. The second-order valence-electron chi connectivity index (χ2n) is 6.13. The van der Waals surface area contributed by atoms with Crippen LogP contribution in [0.4, 0.5) is 0 Å². The summed E-state index contributed by atoms with van der Waals surface area (Å²) < 4.78 is 4.72. The largest absolute Gasteiger partial charge is 0.468 e. The van der Waals surface area contributed by atoms with Crippen molar-refractivity contribution in [3.05, 3.63) is 0 Å². The zero-order chi connectivity index (χ0) is 13.8. The van der Waals surface area contributed by atoms with Crippen molar-refractivity contribution in [3.8, 4) is 0 Å². The van der Waals surface area contributed by atoms with E-state index >= 15 is 0 Å². The normalized spacial score (nSPS) is 19.1. The van der Waals surface area contributed by atoms with Crippen molar-refractivity contribution in [2.24, 2.45) is 11.7 Å². The first-order valence-electron chi connectivity index (χ1n) is 6.98. The highest BCUT2D eigenvalue weighted by Crippen LogP contribution is 2.28. The molecule has 4 nitrogen and oxygen atoms in total. The van der Waals surface area contributed by atoms with Gasteiger partial charge >= 0.3 is 5.97 Å². The minimum atomic E-state index is -0.845. The van der Waals surface area contributed by atoms with E-state index in [4.69, 9.17) is 10.5 Å². The van der Waals surface area contributed by atoms with Gasteiger partial charge in [-0.3, -0.25) is 4.79 Å². The Balaban J connectivity index is 2.32. The maximum Gasteiger partial charge on any atom is 0.325 e. The fourth-order valence-corrected chi connectivity index (χ4v) is 2.32. The van der Waals surface area contributed by atoms with Gasteiger partial charge in [0.05, 0.1) is 7.11 Å². The summed E-state index contributed by atoms with van der Waals surface area (Å²) in [7, 11) is 1.39. The molecule has 1 fully saturated rings. The van der Waals surface area contributed by atoms with Crippen molar-refractivity contribution in [1.82, 2.24) is 4.90 Å². The summed E-state index contributed by atoms with van der Waals surface area (Å²) in [6, 6.07) is 0.773. The van der Waals surface area contributed by atoms with E-state index in [9.17, 15) is 4.79 Å². The first-order chi connectivity index (χ1) is 8.36. The Morgan fingerprint density at radius 3 is 2.56 bits per heavy atom. The van der Waals surface area contributed by atoms with Gasteiger partial charge in [0.2, 0.25) is 0 Å². The highest BCUT2D eigenvalue weighted by molar-refractivity contribution is 5.79. The Hall–Kier alpha value is -0.610. The van der Waals surface area contributed by atoms with E-state index in [1.165, 1.54) is 20.0 Å². The molecule has 2 N–H and O–H groups in total. The Labute approximate surface area is 111 Å². The molecule has 1 aliphatic carbocycles. The maximum absolute atomic E-state index is 11.5. The van der Waals surface area contributed by atoms with Gasteiger partial charge in [-0.2, -0.15) is 0 Å². The fourth-order valence-electron chi connectivity index (χ4n) is 2.32. The molecule has 0 amide bonds. The van der Waals surface area contributed by atoms with Gasteiger partial charge in [-0.25, -0.2) is 0 Å². The Morgan fingerprint density at radius 1 is 1.50 bits per heavy atom. The van der Waals surface area contributed by atoms with Crippen LogP contribution in [0.15, 0.2) is 0 Å². The standard InChI is InChI=1S/C14H28N2O2/c1-11(2)10-16(12-6-7-12)9-5-8-14(3,15)13(17)18-4/h11-12H,5-10,15H2,1-4H3. The number of rotatable bonds is 8. The van der Waals surface area contributed by atoms with Gasteiger partial charge in [-0.1, -0.05) is 13.8 Å². The van der Waals surface area contributed by atoms with E-state index in [-0.39, 0.29) is 5.97 Å². The lowest BCUT2D eigenvalue weighted by molar-refractivity contribution is -0.146. The first-order valence-corrected chi connectivity index (χ1v) is 6.98. The second-order valence-corrected chi connectivity index (χ2v) is 6.13. The summed E-state index contributed by atoms with van der Waals surface area (Å²) in [5.74, 6) is 0.375.